The lowest BCUT2D eigenvalue weighted by atomic mass is 10.1. The zero-order valence-electron chi connectivity index (χ0n) is 19.1. The fourth-order valence-electron chi connectivity index (χ4n) is 2.62. The number of ether oxygens (including phenoxy) is 1. The first kappa shape index (κ1) is 28.5. The van der Waals surface area contributed by atoms with Crippen LogP contribution in [0.2, 0.25) is 0 Å². The van der Waals surface area contributed by atoms with E-state index in [-0.39, 0.29) is 6.61 Å². The number of rotatable bonds is 14. The lowest BCUT2D eigenvalue weighted by molar-refractivity contribution is 0.172. The van der Waals surface area contributed by atoms with Gasteiger partial charge >= 0.3 is 15.6 Å². The number of phosphoric ester groups is 1. The second-order valence-corrected chi connectivity index (χ2v) is 10.6. The van der Waals surface area contributed by atoms with Gasteiger partial charge in [0.15, 0.2) is 0 Å². The van der Waals surface area contributed by atoms with E-state index in [9.17, 15) is 14.0 Å². The topological polar surface area (TPSA) is 123 Å². The molecule has 0 aliphatic rings. The van der Waals surface area contributed by atoms with Crippen molar-refractivity contribution in [1.82, 2.24) is 0 Å². The van der Waals surface area contributed by atoms with Crippen molar-refractivity contribution in [1.29, 1.82) is 0 Å². The first-order valence-electron chi connectivity index (χ1n) is 10.3. The molecule has 0 spiro atoms. The van der Waals surface area contributed by atoms with Crippen LogP contribution in [0.15, 0.2) is 59.2 Å². The smallest absolute Gasteiger partial charge is 0.481 e. The molecule has 3 N–H and O–H groups in total. The Bertz CT molecular complexity index is 910. The summed E-state index contributed by atoms with van der Waals surface area (Å²) in [5, 5.41) is 0. The lowest BCUT2D eigenvalue weighted by Gasteiger charge is -2.13. The lowest BCUT2D eigenvalue weighted by Crippen LogP contribution is -1.98. The van der Waals surface area contributed by atoms with Crippen molar-refractivity contribution in [2.45, 2.75) is 60.0 Å². The number of allylic oxidation sites excluding steroid dienone is 5. The molecule has 0 saturated carbocycles. The van der Waals surface area contributed by atoms with Crippen LogP contribution in [0.25, 0.3) is 0 Å². The number of hydrogen-bond acceptors (Lipinski definition) is 5. The Morgan fingerprint density at radius 3 is 2.19 bits per heavy atom. The molecule has 8 nitrogen and oxygen atoms in total. The van der Waals surface area contributed by atoms with Crippen LogP contribution in [-0.2, 0) is 24.6 Å². The molecule has 1 aromatic rings. The van der Waals surface area contributed by atoms with Crippen LogP contribution in [0.3, 0.4) is 0 Å². The van der Waals surface area contributed by atoms with E-state index < -0.39 is 15.6 Å². The van der Waals surface area contributed by atoms with Crippen LogP contribution >= 0.6 is 15.6 Å². The molecular weight excluding hydrogens is 454 g/mol. The average Bonchev–Trinajstić information content (AvgIpc) is 2.67. The van der Waals surface area contributed by atoms with Crippen molar-refractivity contribution in [3.63, 3.8) is 0 Å². The summed E-state index contributed by atoms with van der Waals surface area (Å²) in [5.74, 6) is 0.536. The normalized spacial score (nSPS) is 14.7. The van der Waals surface area contributed by atoms with Crippen molar-refractivity contribution >= 4 is 15.6 Å². The molecule has 10 heteroatoms. The van der Waals surface area contributed by atoms with E-state index in [1.165, 1.54) is 16.7 Å². The highest BCUT2D eigenvalue weighted by Crippen LogP contribution is 2.57. The maximum Gasteiger partial charge on any atom is 0.481 e. The summed E-state index contributed by atoms with van der Waals surface area (Å²) in [6.07, 6.45) is 10.6. The molecule has 0 saturated heterocycles. The molecule has 180 valence electrons. The van der Waals surface area contributed by atoms with Crippen LogP contribution in [-0.4, -0.2) is 21.3 Å². The van der Waals surface area contributed by atoms with Gasteiger partial charge in [0.2, 0.25) is 0 Å². The van der Waals surface area contributed by atoms with Crippen molar-refractivity contribution in [3.8, 4) is 5.75 Å². The van der Waals surface area contributed by atoms with Crippen LogP contribution < -0.4 is 4.74 Å². The summed E-state index contributed by atoms with van der Waals surface area (Å²) in [4.78, 5) is 26.6. The highest BCUT2D eigenvalue weighted by atomic mass is 31.3. The maximum absolute atomic E-state index is 11.5. The van der Waals surface area contributed by atoms with Crippen LogP contribution in [0, 0.1) is 0 Å². The summed E-state index contributed by atoms with van der Waals surface area (Å²) in [7, 11) is -10.0. The molecule has 1 rings (SSSR count). The summed E-state index contributed by atoms with van der Waals surface area (Å²) in [5.41, 5.74) is 4.42. The zero-order valence-corrected chi connectivity index (χ0v) is 20.9. The first-order chi connectivity index (χ1) is 14.9. The zero-order chi connectivity index (χ0) is 24.2. The van der Waals surface area contributed by atoms with E-state index in [0.29, 0.717) is 17.9 Å². The number of unbranched alkanes of at least 4 members (excludes halogenated alkanes) is 1. The minimum atomic E-state index is -5.14. The predicted octanol–water partition coefficient (Wildman–Crippen LogP) is 6.21. The minimum Gasteiger partial charge on any atom is -0.490 e. The van der Waals surface area contributed by atoms with Gasteiger partial charge in [0.05, 0.1) is 6.61 Å². The Morgan fingerprint density at radius 2 is 1.56 bits per heavy atom. The Kier molecular flexibility index (Phi) is 12.4. The van der Waals surface area contributed by atoms with Crippen molar-refractivity contribution in [2.75, 3.05) is 6.61 Å². The molecule has 0 fully saturated rings. The van der Waals surface area contributed by atoms with Gasteiger partial charge in [0.25, 0.3) is 0 Å². The van der Waals surface area contributed by atoms with E-state index in [1.807, 2.05) is 6.08 Å². The quantitative estimate of drug-likeness (QED) is 0.160. The van der Waals surface area contributed by atoms with Crippen LogP contribution in [0.5, 0.6) is 5.75 Å². The molecular formula is C22H34O8P2. The molecule has 1 aromatic carbocycles. The van der Waals surface area contributed by atoms with Crippen molar-refractivity contribution < 1.29 is 37.4 Å². The summed E-state index contributed by atoms with van der Waals surface area (Å²) in [6.45, 7) is 8.42. The second-order valence-electron chi connectivity index (χ2n) is 7.73. The van der Waals surface area contributed by atoms with E-state index in [0.717, 1.165) is 25.7 Å². The van der Waals surface area contributed by atoms with Gasteiger partial charge in [-0.25, -0.2) is 9.13 Å². The maximum atomic E-state index is 11.5. The van der Waals surface area contributed by atoms with Crippen LogP contribution in [0.1, 0.15) is 58.9 Å². The highest BCUT2D eigenvalue weighted by molar-refractivity contribution is 7.60. The largest absolute Gasteiger partial charge is 0.490 e. The molecule has 0 aliphatic heterocycles. The second kappa shape index (κ2) is 13.9. The third-order valence-electron chi connectivity index (χ3n) is 4.31. The molecule has 0 heterocycles. The Balaban J connectivity index is 2.46. The molecule has 1 unspecified atom stereocenters. The monoisotopic (exact) mass is 488 g/mol. The Hall–Kier alpha value is -1.50. The molecule has 1 atom stereocenters. The van der Waals surface area contributed by atoms with Gasteiger partial charge in [-0.15, -0.1) is 0 Å². The first-order valence-corrected chi connectivity index (χ1v) is 13.3. The molecule has 32 heavy (non-hydrogen) atoms. The number of benzene rings is 1. The fourth-order valence-corrected chi connectivity index (χ4v) is 4.20. The van der Waals surface area contributed by atoms with Gasteiger partial charge in [0, 0.05) is 0 Å². The standard InChI is InChI=1S/C22H34O8P2/c1-18(2)8-5-6-9-19(3)12-13-20(4)14-15-28-22-11-7-10-21(16-22)17-29-32(26,27)30-31(23,24)25/h7-11,14,16H,5-6,12-13,15,17H2,1-4H3,(H,26,27)(H2,23,24,25)/b19-9+,20-14+. The molecule has 0 aromatic heterocycles. The molecule has 0 amide bonds. The Morgan fingerprint density at radius 1 is 0.938 bits per heavy atom. The summed E-state index contributed by atoms with van der Waals surface area (Å²) < 4.78 is 36.3. The SMILES string of the molecule is CC(C)=CCC/C=C(\C)CC/C(C)=C/COc1cccc(COP(=O)(O)OP(=O)(O)O)c1. The summed E-state index contributed by atoms with van der Waals surface area (Å²) >= 11 is 0. The molecule has 0 radical (unpaired) electrons. The predicted molar refractivity (Wildman–Crippen MR) is 125 cm³/mol. The minimum absolute atomic E-state index is 0.374. The average molecular weight is 488 g/mol. The third kappa shape index (κ3) is 14.5. The van der Waals surface area contributed by atoms with E-state index in [2.05, 4.69) is 48.7 Å². The van der Waals surface area contributed by atoms with E-state index in [1.54, 1.807) is 24.3 Å². The molecule has 0 bridgehead atoms. The van der Waals surface area contributed by atoms with E-state index in [4.69, 9.17) is 14.5 Å². The Labute approximate surface area is 190 Å². The van der Waals surface area contributed by atoms with Gasteiger partial charge in [-0.3, -0.25) is 4.52 Å². The fraction of sp³-hybridized carbons (Fsp3) is 0.455. The van der Waals surface area contributed by atoms with Gasteiger partial charge in [-0.1, -0.05) is 41.0 Å². The van der Waals surface area contributed by atoms with Crippen LogP contribution in [0.4, 0.5) is 0 Å². The van der Waals surface area contributed by atoms with Gasteiger partial charge in [0.1, 0.15) is 12.4 Å². The van der Waals surface area contributed by atoms with Crippen molar-refractivity contribution in [3.05, 3.63) is 64.8 Å². The van der Waals surface area contributed by atoms with Crippen molar-refractivity contribution in [2.24, 2.45) is 0 Å². The molecule has 0 aliphatic carbocycles. The van der Waals surface area contributed by atoms with Gasteiger partial charge in [-0.2, -0.15) is 4.31 Å². The number of phosphoric acid groups is 2. The van der Waals surface area contributed by atoms with Gasteiger partial charge in [-0.05, 0) is 77.2 Å². The third-order valence-corrected chi connectivity index (χ3v) is 6.44. The summed E-state index contributed by atoms with van der Waals surface area (Å²) in [6, 6.07) is 6.65. The highest BCUT2D eigenvalue weighted by Gasteiger charge is 2.32. The number of hydrogen-bond donors (Lipinski definition) is 3. The van der Waals surface area contributed by atoms with Gasteiger partial charge < -0.3 is 19.4 Å². The van der Waals surface area contributed by atoms with E-state index >= 15 is 0 Å².